The summed E-state index contributed by atoms with van der Waals surface area (Å²) in [5.74, 6) is 0.938. The van der Waals surface area contributed by atoms with Crippen LogP contribution < -0.4 is 5.32 Å². The molecule has 1 heterocycles. The van der Waals surface area contributed by atoms with E-state index in [9.17, 15) is 9.59 Å². The second kappa shape index (κ2) is 9.53. The van der Waals surface area contributed by atoms with Crippen LogP contribution in [-0.2, 0) is 11.3 Å². The molecule has 7 heteroatoms. The van der Waals surface area contributed by atoms with Crippen molar-refractivity contribution in [3.8, 4) is 0 Å². The van der Waals surface area contributed by atoms with Gasteiger partial charge in [0.1, 0.15) is 11.8 Å². The Bertz CT molecular complexity index is 706. The first kappa shape index (κ1) is 19.4. The number of amides is 2. The van der Waals surface area contributed by atoms with Crippen LogP contribution in [0.4, 0.5) is 0 Å². The highest BCUT2D eigenvalue weighted by Crippen LogP contribution is 2.16. The molecule has 0 radical (unpaired) electrons. The Balaban J connectivity index is 2.07. The Hall–Kier alpha value is -1.92. The standard InChI is InChI=1S/C18H21ClN2O3S/c1-21(12-13-6-5-10-24-13)18(23)16(9-11-25-2)20-17(22)14-7-3-4-8-15(14)19/h3-8,10,16H,9,11-12H2,1-2H3,(H,20,22). The number of rotatable bonds is 8. The number of benzene rings is 1. The van der Waals surface area contributed by atoms with Crippen LogP contribution in [0.3, 0.4) is 0 Å². The van der Waals surface area contributed by atoms with Gasteiger partial charge in [0, 0.05) is 7.05 Å². The number of nitrogens with zero attached hydrogens (tertiary/aromatic N) is 1. The Labute approximate surface area is 156 Å². The summed E-state index contributed by atoms with van der Waals surface area (Å²) in [4.78, 5) is 26.8. The van der Waals surface area contributed by atoms with E-state index >= 15 is 0 Å². The van der Waals surface area contributed by atoms with E-state index in [1.807, 2.05) is 12.3 Å². The van der Waals surface area contributed by atoms with E-state index < -0.39 is 6.04 Å². The van der Waals surface area contributed by atoms with E-state index in [0.717, 1.165) is 5.75 Å². The second-order valence-corrected chi connectivity index (χ2v) is 6.95. The summed E-state index contributed by atoms with van der Waals surface area (Å²) in [7, 11) is 1.69. The molecular weight excluding hydrogens is 360 g/mol. The van der Waals surface area contributed by atoms with Crippen molar-refractivity contribution in [3.63, 3.8) is 0 Å². The van der Waals surface area contributed by atoms with Crippen molar-refractivity contribution < 1.29 is 14.0 Å². The van der Waals surface area contributed by atoms with Gasteiger partial charge in [0.15, 0.2) is 0 Å². The SMILES string of the molecule is CSCCC(NC(=O)c1ccccc1Cl)C(=O)N(C)Cc1ccco1. The molecule has 2 aromatic rings. The van der Waals surface area contributed by atoms with Crippen molar-refractivity contribution in [2.45, 2.75) is 19.0 Å². The second-order valence-electron chi connectivity index (χ2n) is 5.56. The summed E-state index contributed by atoms with van der Waals surface area (Å²) in [5.41, 5.74) is 0.361. The van der Waals surface area contributed by atoms with Crippen molar-refractivity contribution >= 4 is 35.2 Å². The fourth-order valence-electron chi connectivity index (χ4n) is 2.35. The molecule has 0 saturated heterocycles. The highest BCUT2D eigenvalue weighted by atomic mass is 35.5. The van der Waals surface area contributed by atoms with E-state index in [1.54, 1.807) is 60.3 Å². The third kappa shape index (κ3) is 5.54. The van der Waals surface area contributed by atoms with Crippen LogP contribution in [0.5, 0.6) is 0 Å². The largest absolute Gasteiger partial charge is 0.467 e. The molecule has 0 bridgehead atoms. The van der Waals surface area contributed by atoms with E-state index in [4.69, 9.17) is 16.0 Å². The number of halogens is 1. The monoisotopic (exact) mass is 380 g/mol. The number of carbonyl (C=O) groups is 2. The normalized spacial score (nSPS) is 11.8. The first-order valence-electron chi connectivity index (χ1n) is 7.84. The average Bonchev–Trinajstić information content (AvgIpc) is 3.11. The molecule has 1 unspecified atom stereocenters. The van der Waals surface area contributed by atoms with Crippen molar-refractivity contribution in [3.05, 3.63) is 59.0 Å². The number of hydrogen-bond acceptors (Lipinski definition) is 4. The van der Waals surface area contributed by atoms with Gasteiger partial charge in [-0.1, -0.05) is 23.7 Å². The summed E-state index contributed by atoms with van der Waals surface area (Å²) in [6.07, 6.45) is 4.07. The molecule has 0 aliphatic carbocycles. The minimum atomic E-state index is -0.615. The van der Waals surface area contributed by atoms with Gasteiger partial charge in [-0.3, -0.25) is 9.59 Å². The molecule has 0 aliphatic heterocycles. The molecule has 1 aromatic carbocycles. The fourth-order valence-corrected chi connectivity index (χ4v) is 3.05. The highest BCUT2D eigenvalue weighted by Gasteiger charge is 2.25. The average molecular weight is 381 g/mol. The topological polar surface area (TPSA) is 62.6 Å². The lowest BCUT2D eigenvalue weighted by atomic mass is 10.1. The Kier molecular flexibility index (Phi) is 7.40. The van der Waals surface area contributed by atoms with Gasteiger partial charge in [-0.25, -0.2) is 0 Å². The molecule has 1 atom stereocenters. The number of likely N-dealkylation sites (N-methyl/N-ethyl adjacent to an activating group) is 1. The number of nitrogens with one attached hydrogen (secondary N) is 1. The summed E-state index contributed by atoms with van der Waals surface area (Å²) < 4.78 is 5.28. The third-order valence-electron chi connectivity index (χ3n) is 3.68. The van der Waals surface area contributed by atoms with E-state index in [2.05, 4.69) is 5.32 Å². The van der Waals surface area contributed by atoms with Crippen molar-refractivity contribution in [2.75, 3.05) is 19.1 Å². The molecular formula is C18H21ClN2O3S. The Morgan fingerprint density at radius 1 is 1.28 bits per heavy atom. The van der Waals surface area contributed by atoms with Crippen LogP contribution in [0.15, 0.2) is 47.1 Å². The zero-order valence-electron chi connectivity index (χ0n) is 14.2. The van der Waals surface area contributed by atoms with Gasteiger partial charge in [-0.2, -0.15) is 11.8 Å². The number of thioether (sulfide) groups is 1. The lowest BCUT2D eigenvalue weighted by molar-refractivity contribution is -0.132. The number of hydrogen-bond donors (Lipinski definition) is 1. The Morgan fingerprint density at radius 2 is 2.04 bits per heavy atom. The van der Waals surface area contributed by atoms with Crippen LogP contribution in [0.2, 0.25) is 5.02 Å². The lowest BCUT2D eigenvalue weighted by Crippen LogP contribution is -2.47. The summed E-state index contributed by atoms with van der Waals surface area (Å²) in [6.45, 7) is 0.351. The number of carbonyl (C=O) groups excluding carboxylic acids is 2. The third-order valence-corrected chi connectivity index (χ3v) is 4.66. The molecule has 5 nitrogen and oxygen atoms in total. The van der Waals surface area contributed by atoms with Crippen LogP contribution in [0, 0.1) is 0 Å². The summed E-state index contributed by atoms with van der Waals surface area (Å²) in [6, 6.07) is 9.76. The molecule has 25 heavy (non-hydrogen) atoms. The molecule has 0 aliphatic rings. The molecule has 2 amide bonds. The van der Waals surface area contributed by atoms with Crippen LogP contribution in [0.25, 0.3) is 0 Å². The van der Waals surface area contributed by atoms with E-state index in [-0.39, 0.29) is 11.8 Å². The fraction of sp³-hybridized carbons (Fsp3) is 0.333. The maximum Gasteiger partial charge on any atom is 0.253 e. The molecule has 0 saturated carbocycles. The van der Waals surface area contributed by atoms with Crippen LogP contribution >= 0.6 is 23.4 Å². The van der Waals surface area contributed by atoms with Gasteiger partial charge in [-0.15, -0.1) is 0 Å². The van der Waals surface area contributed by atoms with Gasteiger partial charge in [-0.05, 0) is 42.7 Å². The zero-order valence-corrected chi connectivity index (χ0v) is 15.8. The van der Waals surface area contributed by atoms with E-state index in [0.29, 0.717) is 29.3 Å². The molecule has 2 rings (SSSR count). The maximum atomic E-state index is 12.8. The summed E-state index contributed by atoms with van der Waals surface area (Å²) in [5, 5.41) is 3.17. The van der Waals surface area contributed by atoms with Gasteiger partial charge < -0.3 is 14.6 Å². The Morgan fingerprint density at radius 3 is 2.68 bits per heavy atom. The predicted octanol–water partition coefficient (Wildman–Crippen LogP) is 3.44. The van der Waals surface area contributed by atoms with Gasteiger partial charge in [0.05, 0.1) is 23.4 Å². The first-order chi connectivity index (χ1) is 12.0. The molecule has 1 N–H and O–H groups in total. The highest BCUT2D eigenvalue weighted by molar-refractivity contribution is 7.98. The van der Waals surface area contributed by atoms with Crippen LogP contribution in [0.1, 0.15) is 22.5 Å². The minimum Gasteiger partial charge on any atom is -0.467 e. The van der Waals surface area contributed by atoms with E-state index in [1.165, 1.54) is 0 Å². The predicted molar refractivity (Wildman–Crippen MR) is 101 cm³/mol. The molecule has 1 aromatic heterocycles. The van der Waals surface area contributed by atoms with Crippen molar-refractivity contribution in [1.82, 2.24) is 10.2 Å². The quantitative estimate of drug-likeness (QED) is 0.762. The van der Waals surface area contributed by atoms with Crippen molar-refractivity contribution in [1.29, 1.82) is 0 Å². The molecule has 134 valence electrons. The number of furan rings is 1. The van der Waals surface area contributed by atoms with Gasteiger partial charge in [0.25, 0.3) is 5.91 Å². The van der Waals surface area contributed by atoms with Crippen LogP contribution in [-0.4, -0.2) is 41.8 Å². The van der Waals surface area contributed by atoms with Gasteiger partial charge >= 0.3 is 0 Å². The first-order valence-corrected chi connectivity index (χ1v) is 9.61. The lowest BCUT2D eigenvalue weighted by Gasteiger charge is -2.24. The van der Waals surface area contributed by atoms with Crippen molar-refractivity contribution in [2.24, 2.45) is 0 Å². The van der Waals surface area contributed by atoms with Gasteiger partial charge in [0.2, 0.25) is 5.91 Å². The zero-order chi connectivity index (χ0) is 18.2. The molecule has 0 spiro atoms. The molecule has 0 fully saturated rings. The summed E-state index contributed by atoms with van der Waals surface area (Å²) >= 11 is 7.70. The minimum absolute atomic E-state index is 0.161. The smallest absolute Gasteiger partial charge is 0.253 e. The maximum absolute atomic E-state index is 12.8.